The highest BCUT2D eigenvalue weighted by molar-refractivity contribution is 6.00. The third kappa shape index (κ3) is 113. The molecule has 0 aromatic heterocycles. The predicted molar refractivity (Wildman–Crippen MR) is 554 cm³/mol. The van der Waals surface area contributed by atoms with Gasteiger partial charge in [0.1, 0.15) is 52.2 Å². The lowest BCUT2D eigenvalue weighted by Gasteiger charge is -2.17. The molecule has 145 heavy (non-hydrogen) atoms. The summed E-state index contributed by atoms with van der Waals surface area (Å²) in [5.74, 6) is -4.10. The van der Waals surface area contributed by atoms with Gasteiger partial charge >= 0.3 is 0 Å². The van der Waals surface area contributed by atoms with E-state index in [-0.39, 0.29) is 331 Å². The first-order chi connectivity index (χ1) is 66.8. The topological polar surface area (TPSA) is 585 Å². The number of benzene rings is 1. The molecule has 0 saturated heterocycles. The molecule has 2 atom stereocenters. The third-order valence-electron chi connectivity index (χ3n) is 17.2. The van der Waals surface area contributed by atoms with Crippen molar-refractivity contribution in [1.82, 2.24) is 42.5 Å². The number of ether oxygens (including phenoxy) is 14. The molecule has 0 saturated carbocycles. The van der Waals surface area contributed by atoms with Gasteiger partial charge in [-0.1, -0.05) is 39.1 Å². The maximum Gasteiger partial charge on any atom is 0.246 e. The molecule has 844 valence electrons. The van der Waals surface area contributed by atoms with Gasteiger partial charge in [0.15, 0.2) is 46.3 Å². The molecular weight excluding hydrogens is 1890 g/mol. The predicted octanol–water partition coefficient (Wildman–Crippen LogP) is 8.32. The van der Waals surface area contributed by atoms with Crippen LogP contribution in [0.5, 0.6) is 0 Å². The van der Waals surface area contributed by atoms with Crippen LogP contribution in [0.2, 0.25) is 0 Å². The van der Waals surface area contributed by atoms with E-state index in [1.165, 1.54) is 0 Å². The molecule has 0 aliphatic rings. The van der Waals surface area contributed by atoms with E-state index in [0.29, 0.717) is 89.4 Å². The molecule has 9 amide bonds. The zero-order valence-electron chi connectivity index (χ0n) is 91.1. The molecular formula is C103H190N10O32. The lowest BCUT2D eigenvalue weighted by atomic mass is 10.0. The van der Waals surface area contributed by atoms with Crippen LogP contribution < -0.4 is 54.0 Å². The summed E-state index contributed by atoms with van der Waals surface area (Å²) in [4.78, 5) is 207. The molecule has 1 aromatic carbocycles. The van der Waals surface area contributed by atoms with Gasteiger partial charge in [-0.05, 0) is 194 Å². The third-order valence-corrected chi connectivity index (χ3v) is 17.2. The highest BCUT2D eigenvalue weighted by Crippen LogP contribution is 2.12. The molecule has 2 unspecified atom stereocenters. The number of ketones is 9. The van der Waals surface area contributed by atoms with Crippen LogP contribution in [0, 0.1) is 0 Å². The Bertz CT molecular complexity index is 3640. The molecule has 0 bridgehead atoms. The van der Waals surface area contributed by atoms with Gasteiger partial charge in [-0.25, -0.2) is 0 Å². The highest BCUT2D eigenvalue weighted by Gasteiger charge is 2.25. The Morgan fingerprint density at radius 2 is 0.469 bits per heavy atom. The van der Waals surface area contributed by atoms with Crippen molar-refractivity contribution >= 4 is 105 Å². The Morgan fingerprint density at radius 1 is 0.241 bits per heavy atom. The van der Waals surface area contributed by atoms with Gasteiger partial charge in [0.2, 0.25) is 53.2 Å². The maximum absolute atomic E-state index is 12.0. The lowest BCUT2D eigenvalue weighted by Crippen LogP contribution is -2.47. The summed E-state index contributed by atoms with van der Waals surface area (Å²) in [6.07, 6.45) is 2.81. The van der Waals surface area contributed by atoms with Crippen molar-refractivity contribution in [2.45, 2.75) is 390 Å². The Hall–Kier alpha value is -9.12. The van der Waals surface area contributed by atoms with Crippen LogP contribution in [0.3, 0.4) is 0 Å². The van der Waals surface area contributed by atoms with E-state index >= 15 is 0 Å². The van der Waals surface area contributed by atoms with Crippen molar-refractivity contribution in [1.29, 1.82) is 0 Å². The van der Waals surface area contributed by atoms with Crippen LogP contribution >= 0.6 is 0 Å². The largest absolute Gasteiger partial charge is 0.378 e. The minimum absolute atomic E-state index is 0. The molecule has 0 aliphatic carbocycles. The van der Waals surface area contributed by atoms with Crippen molar-refractivity contribution in [3.8, 4) is 0 Å². The Morgan fingerprint density at radius 3 is 0.745 bits per heavy atom. The molecule has 0 spiro atoms. The fourth-order valence-electron chi connectivity index (χ4n) is 9.70. The minimum atomic E-state index is -0.929. The fourth-order valence-corrected chi connectivity index (χ4v) is 9.70. The first-order valence-electron chi connectivity index (χ1n) is 49.4. The first kappa shape index (κ1) is 151. The Balaban J connectivity index is -0.000000252. The summed E-state index contributed by atoms with van der Waals surface area (Å²) in [6.45, 7) is 54.9. The van der Waals surface area contributed by atoms with E-state index < -0.39 is 23.9 Å². The van der Waals surface area contributed by atoms with Crippen LogP contribution in [0.15, 0.2) is 24.3 Å². The van der Waals surface area contributed by atoms with Gasteiger partial charge in [0.05, 0.1) is 176 Å². The number of hydrogen-bond acceptors (Lipinski definition) is 33. The van der Waals surface area contributed by atoms with E-state index in [2.05, 4.69) is 42.5 Å². The van der Waals surface area contributed by atoms with Gasteiger partial charge in [-0.15, -0.1) is 0 Å². The van der Waals surface area contributed by atoms with Crippen LogP contribution in [0.25, 0.3) is 0 Å². The quantitative estimate of drug-likeness (QED) is 0.0216. The molecule has 1 aromatic rings. The van der Waals surface area contributed by atoms with Gasteiger partial charge in [0.25, 0.3) is 0 Å². The SMILES string of the molecule is C.C.CC(C)OCCC(=O)C(CC(N)=O)NC(=O)COC(C)C.CC(C)OCCC(=O)C(CN)NC(=O)COC(C)C.CC(C)OCCC(=O)CCNC(=O)COC(C)C.CC(C)OCCC(=O)CNC(=O)CCC(=O)CNC(=O)COC(C)C.CC(C)OCCC(=O)CNC(=O)COC(C)C.CC(C)OCCC(=O)c1ccc(C(=O)CCOC(C)C)cc1.CC(C)OCNC(=O)CCC(=O)CNC(=O)COC(C)C. The van der Waals surface area contributed by atoms with Crippen LogP contribution in [0.1, 0.15) is 313 Å². The standard InChI is InChI=1S/C18H26O4.C17H30N2O6.2C14H26N2O5.C13H26N2O4.C13H25NO4.C12H23NO4.2CH4/c1-13(2)21-11-9-17(19)15-5-7-16(8-6-15)18(20)10-12-22-14(3)4;1-12(2)24-8-7-15(21)10-18-16(22)6-5-14(20)9-19-17(23)11-25-13(3)4;1-10(2)20-8-14(19)15-7-12(17)5-6-13(18)16-9-21-11(3)4;1-9(2)20-6-5-12(17)11(7-13(15)18)16-14(19)8-21-10(3)4;1-9(2)18-6-5-12(16)11(7-14)15-13(17)8-19-10(3)4;1-10(2)17-8-6-12(15)5-7-14-13(16)9-18-11(3)4;1-9(2)16-6-5-11(14)7-13-12(15)8-17-10(3)4;;/h5-8,13-14H,9-12H2,1-4H3;12-13H,5-11H2,1-4H3,(H,18,22)(H,19,23);10-11H,5-9H2,1-4H3,(H,15,19)(H,16,18);9-11H,5-8H2,1-4H3,(H2,15,18)(H,16,19);9-11H,5-8,14H2,1-4H3,(H,15,17);10-11H,5-9H2,1-4H3,(H,14,16);9-10H,5-8H2,1-4H3,(H,13,15);2*1H4. The lowest BCUT2D eigenvalue weighted by molar-refractivity contribution is -0.133. The van der Waals surface area contributed by atoms with Crippen LogP contribution in [0.4, 0.5) is 0 Å². The smallest absolute Gasteiger partial charge is 0.246 e. The van der Waals surface area contributed by atoms with Gasteiger partial charge in [-0.3, -0.25) is 86.3 Å². The van der Waals surface area contributed by atoms with E-state index in [1.807, 2.05) is 166 Å². The summed E-state index contributed by atoms with van der Waals surface area (Å²) >= 11 is 0. The normalized spacial score (nSPS) is 11.2. The second-order valence-corrected chi connectivity index (χ2v) is 36.2. The fraction of sp³-hybridized carbons (Fsp3) is 0.767. The number of hydrogen-bond donors (Lipinski definition) is 10. The molecule has 42 heteroatoms. The van der Waals surface area contributed by atoms with Crippen LogP contribution in [-0.2, 0) is 143 Å². The molecule has 42 nitrogen and oxygen atoms in total. The molecule has 0 aliphatic heterocycles. The summed E-state index contributed by atoms with van der Waals surface area (Å²) in [7, 11) is 0. The average molecular weight is 2080 g/mol. The van der Waals surface area contributed by atoms with Gasteiger partial charge < -0.3 is 120 Å². The summed E-state index contributed by atoms with van der Waals surface area (Å²) < 4.78 is 73.0. The average Bonchev–Trinajstić information content (AvgIpc) is 0.864. The Labute approximate surface area is 864 Å². The number of Topliss-reactive ketones (excluding diaryl/α,β-unsaturated/α-hetero) is 9. The van der Waals surface area contributed by atoms with Crippen molar-refractivity contribution < 1.29 is 153 Å². The minimum Gasteiger partial charge on any atom is -0.378 e. The second-order valence-electron chi connectivity index (χ2n) is 36.2. The molecule has 12 N–H and O–H groups in total. The summed E-state index contributed by atoms with van der Waals surface area (Å²) in [5.41, 5.74) is 11.8. The summed E-state index contributed by atoms with van der Waals surface area (Å²) in [6, 6.07) is 5.21. The number of amides is 9. The number of nitrogens with one attached hydrogen (secondary N) is 8. The van der Waals surface area contributed by atoms with Gasteiger partial charge in [-0.2, -0.15) is 0 Å². The number of carbonyl (C=O) groups excluding carboxylic acids is 18. The zero-order valence-corrected chi connectivity index (χ0v) is 91.1. The number of primary amides is 1. The molecule has 0 radical (unpaired) electrons. The number of carbonyl (C=O) groups is 18. The Kier molecular flexibility index (Phi) is 101. The first-order valence-corrected chi connectivity index (χ1v) is 49.4. The van der Waals surface area contributed by atoms with E-state index in [9.17, 15) is 86.3 Å². The van der Waals surface area contributed by atoms with Crippen LogP contribution in [-0.4, -0.2) is 335 Å². The number of nitrogens with two attached hydrogens (primary N) is 2. The molecule has 1 rings (SSSR count). The van der Waals surface area contributed by atoms with Crippen molar-refractivity contribution in [2.75, 3.05) is 132 Å². The molecule has 0 heterocycles. The van der Waals surface area contributed by atoms with Gasteiger partial charge in [0, 0.05) is 101 Å². The maximum atomic E-state index is 12.0. The molecule has 0 fully saturated rings. The van der Waals surface area contributed by atoms with Crippen molar-refractivity contribution in [3.05, 3.63) is 35.4 Å². The zero-order chi connectivity index (χ0) is 111. The van der Waals surface area contributed by atoms with E-state index in [1.54, 1.807) is 52.0 Å². The van der Waals surface area contributed by atoms with Crippen molar-refractivity contribution in [2.24, 2.45) is 11.5 Å². The summed E-state index contributed by atoms with van der Waals surface area (Å²) in [5, 5.41) is 20.1. The van der Waals surface area contributed by atoms with E-state index in [0.717, 1.165) is 0 Å². The van der Waals surface area contributed by atoms with Crippen molar-refractivity contribution in [3.63, 3.8) is 0 Å². The number of rotatable bonds is 75. The van der Waals surface area contributed by atoms with E-state index in [4.69, 9.17) is 77.8 Å². The monoisotopic (exact) mass is 2080 g/mol. The highest BCUT2D eigenvalue weighted by atomic mass is 16.5. The second kappa shape index (κ2) is 97.0.